The molecule has 20 heavy (non-hydrogen) atoms. The molecule has 1 saturated heterocycles. The molecular formula is C17H26N2O. The molecule has 0 unspecified atom stereocenters. The van der Waals surface area contributed by atoms with Crippen molar-refractivity contribution in [1.82, 2.24) is 4.90 Å². The summed E-state index contributed by atoms with van der Waals surface area (Å²) in [5, 5.41) is 3.11. The molecule has 110 valence electrons. The first-order chi connectivity index (χ1) is 9.65. The Kier molecular flexibility index (Phi) is 5.05. The molecule has 1 aromatic carbocycles. The van der Waals surface area contributed by atoms with Crippen molar-refractivity contribution in [1.29, 1.82) is 0 Å². The number of carbonyl (C=O) groups excluding carboxylic acids is 1. The maximum absolute atomic E-state index is 12.6. The van der Waals surface area contributed by atoms with Crippen LogP contribution >= 0.6 is 0 Å². The minimum Gasteiger partial charge on any atom is -0.388 e. The van der Waals surface area contributed by atoms with Crippen LogP contribution < -0.4 is 5.32 Å². The largest absolute Gasteiger partial charge is 0.388 e. The predicted octanol–water partition coefficient (Wildman–Crippen LogP) is 3.69. The van der Waals surface area contributed by atoms with Crippen molar-refractivity contribution in [2.75, 3.05) is 25.5 Å². The van der Waals surface area contributed by atoms with Gasteiger partial charge in [0.25, 0.3) is 5.91 Å². The summed E-state index contributed by atoms with van der Waals surface area (Å²) in [4.78, 5) is 14.6. The van der Waals surface area contributed by atoms with Crippen LogP contribution in [-0.2, 0) is 0 Å². The number of aryl methyl sites for hydroxylation is 1. The van der Waals surface area contributed by atoms with Crippen LogP contribution in [0.1, 0.15) is 48.5 Å². The van der Waals surface area contributed by atoms with Crippen LogP contribution in [-0.4, -0.2) is 30.9 Å². The average Bonchev–Trinajstić information content (AvgIpc) is 2.47. The van der Waals surface area contributed by atoms with Crippen LogP contribution in [0, 0.1) is 12.8 Å². The van der Waals surface area contributed by atoms with Crippen molar-refractivity contribution in [3.05, 3.63) is 29.3 Å². The summed E-state index contributed by atoms with van der Waals surface area (Å²) < 4.78 is 0. The molecule has 0 saturated carbocycles. The van der Waals surface area contributed by atoms with Gasteiger partial charge >= 0.3 is 0 Å². The second-order valence-electron chi connectivity index (χ2n) is 5.80. The van der Waals surface area contributed by atoms with Crippen LogP contribution in [0.15, 0.2) is 18.2 Å². The molecule has 1 N–H and O–H groups in total. The van der Waals surface area contributed by atoms with Gasteiger partial charge in [-0.2, -0.15) is 0 Å². The van der Waals surface area contributed by atoms with Crippen molar-refractivity contribution in [3.8, 4) is 0 Å². The van der Waals surface area contributed by atoms with Crippen molar-refractivity contribution in [2.45, 2.75) is 39.5 Å². The van der Waals surface area contributed by atoms with Gasteiger partial charge in [0.05, 0.1) is 0 Å². The maximum atomic E-state index is 12.6. The molecule has 0 radical (unpaired) electrons. The lowest BCUT2D eigenvalue weighted by Gasteiger charge is -2.32. The van der Waals surface area contributed by atoms with E-state index in [9.17, 15) is 4.79 Å². The second-order valence-corrected chi connectivity index (χ2v) is 5.80. The fourth-order valence-corrected chi connectivity index (χ4v) is 3.06. The Morgan fingerprint density at radius 3 is 2.60 bits per heavy atom. The summed E-state index contributed by atoms with van der Waals surface area (Å²) >= 11 is 0. The van der Waals surface area contributed by atoms with Crippen molar-refractivity contribution in [3.63, 3.8) is 0 Å². The zero-order chi connectivity index (χ0) is 14.5. The SMILES string of the molecule is CCCC1CCN(C(=O)c2ccc(NC)cc2C)CC1. The third-order valence-corrected chi connectivity index (χ3v) is 4.34. The van der Waals surface area contributed by atoms with E-state index in [-0.39, 0.29) is 5.91 Å². The number of hydrogen-bond acceptors (Lipinski definition) is 2. The molecule has 1 heterocycles. The van der Waals surface area contributed by atoms with E-state index in [1.807, 2.05) is 37.1 Å². The second kappa shape index (κ2) is 6.78. The van der Waals surface area contributed by atoms with Gasteiger partial charge in [-0.15, -0.1) is 0 Å². The zero-order valence-corrected chi connectivity index (χ0v) is 12.9. The molecule has 3 heteroatoms. The Morgan fingerprint density at radius 1 is 1.35 bits per heavy atom. The average molecular weight is 274 g/mol. The minimum absolute atomic E-state index is 0.195. The number of rotatable bonds is 4. The summed E-state index contributed by atoms with van der Waals surface area (Å²) in [7, 11) is 1.90. The highest BCUT2D eigenvalue weighted by atomic mass is 16.2. The van der Waals surface area contributed by atoms with E-state index in [1.54, 1.807) is 0 Å². The van der Waals surface area contributed by atoms with Crippen LogP contribution in [0.25, 0.3) is 0 Å². The highest BCUT2D eigenvalue weighted by Crippen LogP contribution is 2.24. The Morgan fingerprint density at radius 2 is 2.05 bits per heavy atom. The maximum Gasteiger partial charge on any atom is 0.254 e. The smallest absolute Gasteiger partial charge is 0.254 e. The predicted molar refractivity (Wildman–Crippen MR) is 84.3 cm³/mol. The van der Waals surface area contributed by atoms with E-state index in [1.165, 1.54) is 12.8 Å². The van der Waals surface area contributed by atoms with Crippen LogP contribution in [0.3, 0.4) is 0 Å². The van der Waals surface area contributed by atoms with Crippen molar-refractivity contribution in [2.24, 2.45) is 5.92 Å². The number of hydrogen-bond donors (Lipinski definition) is 1. The third kappa shape index (κ3) is 3.33. The number of nitrogens with one attached hydrogen (secondary N) is 1. The van der Waals surface area contributed by atoms with Crippen LogP contribution in [0.4, 0.5) is 5.69 Å². The molecule has 0 atom stereocenters. The number of nitrogens with zero attached hydrogens (tertiary/aromatic N) is 1. The molecule has 0 spiro atoms. The number of likely N-dealkylation sites (tertiary alicyclic amines) is 1. The molecule has 2 rings (SSSR count). The normalized spacial score (nSPS) is 16.2. The van der Waals surface area contributed by atoms with E-state index >= 15 is 0 Å². The van der Waals surface area contributed by atoms with Gasteiger partial charge in [0, 0.05) is 31.4 Å². The van der Waals surface area contributed by atoms with Crippen molar-refractivity contribution < 1.29 is 4.79 Å². The van der Waals surface area contributed by atoms with Gasteiger partial charge in [-0.3, -0.25) is 4.79 Å². The number of amides is 1. The quantitative estimate of drug-likeness (QED) is 0.908. The van der Waals surface area contributed by atoms with Gasteiger partial charge in [-0.1, -0.05) is 19.8 Å². The first kappa shape index (κ1) is 14.9. The van der Waals surface area contributed by atoms with Gasteiger partial charge in [0.1, 0.15) is 0 Å². The van der Waals surface area contributed by atoms with Gasteiger partial charge < -0.3 is 10.2 Å². The van der Waals surface area contributed by atoms with E-state index in [0.29, 0.717) is 0 Å². The first-order valence-corrected chi connectivity index (χ1v) is 7.73. The zero-order valence-electron chi connectivity index (χ0n) is 12.9. The molecule has 0 aromatic heterocycles. The number of carbonyl (C=O) groups is 1. The topological polar surface area (TPSA) is 32.3 Å². The molecule has 1 aliphatic heterocycles. The highest BCUT2D eigenvalue weighted by Gasteiger charge is 2.23. The van der Waals surface area contributed by atoms with Gasteiger partial charge in [-0.25, -0.2) is 0 Å². The summed E-state index contributed by atoms with van der Waals surface area (Å²) in [5.41, 5.74) is 2.95. The molecule has 3 nitrogen and oxygen atoms in total. The monoisotopic (exact) mass is 274 g/mol. The first-order valence-electron chi connectivity index (χ1n) is 7.73. The standard InChI is InChI=1S/C17H26N2O/c1-4-5-14-8-10-19(11-9-14)17(20)16-7-6-15(18-3)12-13(16)2/h6-7,12,14,18H,4-5,8-11H2,1-3H3. The lowest BCUT2D eigenvalue weighted by Crippen LogP contribution is -2.38. The van der Waals surface area contributed by atoms with E-state index < -0.39 is 0 Å². The molecule has 1 aromatic rings. The molecule has 0 aliphatic carbocycles. The molecule has 1 fully saturated rings. The Hall–Kier alpha value is -1.51. The lowest BCUT2D eigenvalue weighted by molar-refractivity contribution is 0.0686. The Labute approximate surface area is 122 Å². The van der Waals surface area contributed by atoms with Crippen molar-refractivity contribution >= 4 is 11.6 Å². The van der Waals surface area contributed by atoms with Gasteiger partial charge in [0.2, 0.25) is 0 Å². The van der Waals surface area contributed by atoms with Gasteiger partial charge in [-0.05, 0) is 49.4 Å². The molecular weight excluding hydrogens is 248 g/mol. The summed E-state index contributed by atoms with van der Waals surface area (Å²) in [5.74, 6) is 1.01. The van der Waals surface area contributed by atoms with E-state index in [0.717, 1.165) is 48.7 Å². The Bertz CT molecular complexity index is 462. The Balaban J connectivity index is 2.02. The summed E-state index contributed by atoms with van der Waals surface area (Å²) in [6, 6.07) is 5.96. The molecule has 0 bridgehead atoms. The minimum atomic E-state index is 0.195. The summed E-state index contributed by atoms with van der Waals surface area (Å²) in [6.07, 6.45) is 4.88. The summed E-state index contributed by atoms with van der Waals surface area (Å²) in [6.45, 7) is 6.08. The van der Waals surface area contributed by atoms with Gasteiger partial charge in [0.15, 0.2) is 0 Å². The fourth-order valence-electron chi connectivity index (χ4n) is 3.06. The highest BCUT2D eigenvalue weighted by molar-refractivity contribution is 5.96. The van der Waals surface area contributed by atoms with E-state index in [2.05, 4.69) is 12.2 Å². The van der Waals surface area contributed by atoms with E-state index in [4.69, 9.17) is 0 Å². The number of anilines is 1. The number of piperidine rings is 1. The molecule has 1 amide bonds. The lowest BCUT2D eigenvalue weighted by atomic mass is 9.92. The third-order valence-electron chi connectivity index (χ3n) is 4.34. The van der Waals surface area contributed by atoms with Crippen LogP contribution in [0.5, 0.6) is 0 Å². The number of benzene rings is 1. The van der Waals surface area contributed by atoms with Crippen LogP contribution in [0.2, 0.25) is 0 Å². The molecule has 1 aliphatic rings. The fraction of sp³-hybridized carbons (Fsp3) is 0.588.